The van der Waals surface area contributed by atoms with E-state index < -0.39 is 0 Å². The number of hydrogen-bond donors (Lipinski definition) is 1. The minimum atomic E-state index is 0.217. The van der Waals surface area contributed by atoms with E-state index in [9.17, 15) is 0 Å². The fourth-order valence-electron chi connectivity index (χ4n) is 3.39. The third-order valence-corrected chi connectivity index (χ3v) is 6.11. The van der Waals surface area contributed by atoms with Crippen molar-refractivity contribution in [3.05, 3.63) is 23.2 Å². The maximum atomic E-state index is 6.39. The van der Waals surface area contributed by atoms with Crippen molar-refractivity contribution < 1.29 is 4.74 Å². The van der Waals surface area contributed by atoms with E-state index in [4.69, 9.17) is 22.1 Å². The topological polar surface area (TPSA) is 35.2 Å². The van der Waals surface area contributed by atoms with Crippen LogP contribution in [0.3, 0.4) is 0 Å². The van der Waals surface area contributed by atoms with Crippen LogP contribution in [0.15, 0.2) is 23.1 Å². The monoisotopic (exact) mass is 311 g/mol. The van der Waals surface area contributed by atoms with Crippen LogP contribution in [0.1, 0.15) is 44.9 Å². The molecule has 1 spiro atoms. The first-order valence-electron chi connectivity index (χ1n) is 7.53. The lowest BCUT2D eigenvalue weighted by Crippen LogP contribution is -2.32. The van der Waals surface area contributed by atoms with E-state index in [2.05, 4.69) is 0 Å². The van der Waals surface area contributed by atoms with Crippen molar-refractivity contribution >= 4 is 29.1 Å². The van der Waals surface area contributed by atoms with Crippen LogP contribution in [0.5, 0.6) is 0 Å². The number of thioether (sulfide) groups is 1. The first kappa shape index (κ1) is 14.6. The van der Waals surface area contributed by atoms with Crippen LogP contribution in [0.2, 0.25) is 5.02 Å². The number of anilines is 1. The van der Waals surface area contributed by atoms with Gasteiger partial charge in [-0.05, 0) is 43.9 Å². The Balaban J connectivity index is 1.54. The summed E-state index contributed by atoms with van der Waals surface area (Å²) in [7, 11) is 0. The van der Waals surface area contributed by atoms with Crippen molar-refractivity contribution in [2.45, 2.75) is 61.5 Å². The fraction of sp³-hybridized carbons (Fsp3) is 0.625. The molecule has 1 aromatic rings. The molecule has 1 aliphatic heterocycles. The Hall–Kier alpha value is -0.380. The predicted octanol–water partition coefficient (Wildman–Crippen LogP) is 4.90. The lowest BCUT2D eigenvalue weighted by Gasteiger charge is -2.33. The van der Waals surface area contributed by atoms with Crippen molar-refractivity contribution in [3.63, 3.8) is 0 Å². The summed E-state index contributed by atoms with van der Waals surface area (Å²) in [5, 5.41) is 0.750. The molecule has 2 aliphatic rings. The number of nitrogens with two attached hydrogens (primary N) is 1. The Morgan fingerprint density at radius 3 is 2.80 bits per heavy atom. The lowest BCUT2D eigenvalue weighted by atomic mass is 9.83. The van der Waals surface area contributed by atoms with Crippen LogP contribution in [-0.2, 0) is 4.74 Å². The predicted molar refractivity (Wildman–Crippen MR) is 86.5 cm³/mol. The van der Waals surface area contributed by atoms with Crippen LogP contribution in [0.25, 0.3) is 0 Å². The molecule has 1 heterocycles. The second kappa shape index (κ2) is 6.17. The average molecular weight is 312 g/mol. The Kier molecular flexibility index (Phi) is 4.49. The van der Waals surface area contributed by atoms with Gasteiger partial charge in [0, 0.05) is 16.3 Å². The van der Waals surface area contributed by atoms with Crippen molar-refractivity contribution in [1.82, 2.24) is 0 Å². The molecule has 110 valence electrons. The highest BCUT2D eigenvalue weighted by Crippen LogP contribution is 2.43. The van der Waals surface area contributed by atoms with Gasteiger partial charge in [-0.2, -0.15) is 0 Å². The Morgan fingerprint density at radius 2 is 2.05 bits per heavy atom. The Bertz CT molecular complexity index is 474. The van der Waals surface area contributed by atoms with E-state index in [1.807, 2.05) is 18.2 Å². The van der Waals surface area contributed by atoms with Crippen molar-refractivity contribution in [3.8, 4) is 0 Å². The highest BCUT2D eigenvalue weighted by molar-refractivity contribution is 7.99. The van der Waals surface area contributed by atoms with E-state index in [1.54, 1.807) is 11.8 Å². The van der Waals surface area contributed by atoms with Gasteiger partial charge in [0.1, 0.15) is 0 Å². The standard InChI is InChI=1S/C16H22ClNOS/c17-14-10-12(18)4-5-15(14)20-11-13-6-9-16(19-13)7-2-1-3-8-16/h4-5,10,13H,1-3,6-9,11,18H2. The van der Waals surface area contributed by atoms with E-state index in [0.717, 1.165) is 21.4 Å². The maximum Gasteiger partial charge on any atom is 0.0687 e. The Labute approximate surface area is 130 Å². The van der Waals surface area contributed by atoms with E-state index >= 15 is 0 Å². The van der Waals surface area contributed by atoms with Gasteiger partial charge in [0.2, 0.25) is 0 Å². The number of benzene rings is 1. The summed E-state index contributed by atoms with van der Waals surface area (Å²) >= 11 is 8.00. The molecule has 2 fully saturated rings. The first-order valence-corrected chi connectivity index (χ1v) is 8.89. The maximum absolute atomic E-state index is 6.39. The SMILES string of the molecule is Nc1ccc(SCC2CCC3(CCCCC3)O2)c(Cl)c1. The summed E-state index contributed by atoms with van der Waals surface area (Å²) < 4.78 is 6.39. The molecule has 3 rings (SSSR count). The summed E-state index contributed by atoms with van der Waals surface area (Å²) in [5.41, 5.74) is 6.66. The molecule has 0 aromatic heterocycles. The van der Waals surface area contributed by atoms with E-state index in [0.29, 0.717) is 6.10 Å². The smallest absolute Gasteiger partial charge is 0.0687 e. The van der Waals surface area contributed by atoms with Gasteiger partial charge < -0.3 is 10.5 Å². The van der Waals surface area contributed by atoms with Crippen LogP contribution in [-0.4, -0.2) is 17.5 Å². The highest BCUT2D eigenvalue weighted by Gasteiger charge is 2.40. The fourth-order valence-corrected chi connectivity index (χ4v) is 4.71. The van der Waals surface area contributed by atoms with Crippen LogP contribution >= 0.6 is 23.4 Å². The van der Waals surface area contributed by atoms with Crippen molar-refractivity contribution in [2.24, 2.45) is 0 Å². The van der Waals surface area contributed by atoms with E-state index in [1.165, 1.54) is 44.9 Å². The van der Waals surface area contributed by atoms with Gasteiger partial charge in [-0.3, -0.25) is 0 Å². The summed E-state index contributed by atoms with van der Waals surface area (Å²) in [5.74, 6) is 0.991. The molecular formula is C16H22ClNOS. The minimum absolute atomic E-state index is 0.217. The van der Waals surface area contributed by atoms with Gasteiger partial charge in [0.15, 0.2) is 0 Å². The second-order valence-corrected chi connectivity index (χ2v) is 7.49. The van der Waals surface area contributed by atoms with Crippen molar-refractivity contribution in [2.75, 3.05) is 11.5 Å². The zero-order chi connectivity index (χ0) is 14.0. The molecule has 2 nitrogen and oxygen atoms in total. The minimum Gasteiger partial charge on any atom is -0.399 e. The summed E-state index contributed by atoms with van der Waals surface area (Å²) in [4.78, 5) is 1.11. The zero-order valence-electron chi connectivity index (χ0n) is 11.7. The van der Waals surface area contributed by atoms with Gasteiger partial charge in [-0.15, -0.1) is 11.8 Å². The molecule has 1 aromatic carbocycles. The molecule has 1 saturated carbocycles. The Morgan fingerprint density at radius 1 is 1.25 bits per heavy atom. The number of hydrogen-bond acceptors (Lipinski definition) is 3. The normalized spacial score (nSPS) is 25.1. The van der Waals surface area contributed by atoms with Crippen LogP contribution in [0.4, 0.5) is 5.69 Å². The molecule has 1 saturated heterocycles. The van der Waals surface area contributed by atoms with Gasteiger partial charge in [-0.25, -0.2) is 0 Å². The number of nitrogen functional groups attached to an aromatic ring is 1. The van der Waals surface area contributed by atoms with Crippen molar-refractivity contribution in [1.29, 1.82) is 0 Å². The number of halogens is 1. The molecule has 0 amide bonds. The summed E-state index contributed by atoms with van der Waals surface area (Å²) in [6.45, 7) is 0. The molecule has 1 aliphatic carbocycles. The highest BCUT2D eigenvalue weighted by atomic mass is 35.5. The summed E-state index contributed by atoms with van der Waals surface area (Å²) in [6, 6.07) is 5.74. The molecule has 0 radical (unpaired) electrons. The van der Waals surface area contributed by atoms with E-state index in [-0.39, 0.29) is 5.60 Å². The van der Waals surface area contributed by atoms with Gasteiger partial charge >= 0.3 is 0 Å². The van der Waals surface area contributed by atoms with Gasteiger partial charge in [0.05, 0.1) is 16.7 Å². The van der Waals surface area contributed by atoms with Crippen LogP contribution < -0.4 is 5.73 Å². The van der Waals surface area contributed by atoms with Gasteiger partial charge in [-0.1, -0.05) is 30.9 Å². The number of ether oxygens (including phenoxy) is 1. The quantitative estimate of drug-likeness (QED) is 0.637. The number of rotatable bonds is 3. The largest absolute Gasteiger partial charge is 0.399 e. The van der Waals surface area contributed by atoms with Gasteiger partial charge in [0.25, 0.3) is 0 Å². The first-order chi connectivity index (χ1) is 9.67. The third-order valence-electron chi connectivity index (χ3n) is 4.48. The molecule has 1 unspecified atom stereocenters. The molecule has 1 atom stereocenters. The molecule has 4 heteroatoms. The third kappa shape index (κ3) is 3.26. The molecular weight excluding hydrogens is 290 g/mol. The lowest BCUT2D eigenvalue weighted by molar-refractivity contribution is -0.0555. The molecule has 0 bridgehead atoms. The summed E-state index contributed by atoms with van der Waals surface area (Å²) in [6.07, 6.45) is 9.39. The zero-order valence-corrected chi connectivity index (χ0v) is 13.3. The second-order valence-electron chi connectivity index (χ2n) is 6.02. The molecule has 2 N–H and O–H groups in total. The molecule has 20 heavy (non-hydrogen) atoms. The average Bonchev–Trinajstić information content (AvgIpc) is 2.82. The van der Waals surface area contributed by atoms with Crippen LogP contribution in [0, 0.1) is 0 Å².